The summed E-state index contributed by atoms with van der Waals surface area (Å²) >= 11 is 2.63. The Balaban J connectivity index is 1.33. The predicted octanol–water partition coefficient (Wildman–Crippen LogP) is 0.876. The van der Waals surface area contributed by atoms with Gasteiger partial charge in [0.15, 0.2) is 5.13 Å². The zero-order valence-corrected chi connectivity index (χ0v) is 14.0. The van der Waals surface area contributed by atoms with Crippen LogP contribution in [0.15, 0.2) is 11.6 Å². The fourth-order valence-electron chi connectivity index (χ4n) is 3.29. The van der Waals surface area contributed by atoms with E-state index >= 15 is 0 Å². The van der Waals surface area contributed by atoms with Gasteiger partial charge in [-0.05, 0) is 6.42 Å². The minimum Gasteiger partial charge on any atom is -0.346 e. The van der Waals surface area contributed by atoms with Crippen LogP contribution < -0.4 is 4.90 Å². The van der Waals surface area contributed by atoms with Crippen LogP contribution >= 0.6 is 23.1 Å². The minimum atomic E-state index is -0.173. The van der Waals surface area contributed by atoms with E-state index in [4.69, 9.17) is 0 Å². The number of hydrogen-bond acceptors (Lipinski definition) is 7. The molecule has 0 saturated carbocycles. The van der Waals surface area contributed by atoms with Crippen LogP contribution in [0.4, 0.5) is 9.93 Å². The van der Waals surface area contributed by atoms with Gasteiger partial charge in [-0.3, -0.25) is 19.3 Å². The van der Waals surface area contributed by atoms with Crippen molar-refractivity contribution in [2.45, 2.75) is 12.5 Å². The van der Waals surface area contributed by atoms with Crippen molar-refractivity contribution in [3.8, 4) is 0 Å². The standard InChI is InChI=1S/C14H16N4O3S2/c19-11-8-23-14(21)18(11)10-1-3-16(7-10)12(20)9-5-17(6-9)13-15-2-4-22-13/h2,4,9-10H,1,3,5-8H2. The topological polar surface area (TPSA) is 73.8 Å². The Labute approximate surface area is 141 Å². The molecule has 4 rings (SSSR count). The van der Waals surface area contributed by atoms with Crippen molar-refractivity contribution in [3.05, 3.63) is 11.6 Å². The zero-order valence-electron chi connectivity index (χ0n) is 12.4. The van der Waals surface area contributed by atoms with Crippen molar-refractivity contribution in [2.24, 2.45) is 5.92 Å². The molecule has 0 aromatic carbocycles. The average molecular weight is 352 g/mol. The highest BCUT2D eigenvalue weighted by Gasteiger charge is 2.43. The van der Waals surface area contributed by atoms with E-state index in [1.807, 2.05) is 5.38 Å². The van der Waals surface area contributed by atoms with Crippen LogP contribution in [-0.2, 0) is 9.59 Å². The second-order valence-corrected chi connectivity index (χ2v) is 7.76. The summed E-state index contributed by atoms with van der Waals surface area (Å²) in [5.74, 6) is 0.233. The summed E-state index contributed by atoms with van der Waals surface area (Å²) in [5, 5.41) is 2.71. The highest BCUT2D eigenvalue weighted by atomic mass is 32.2. The first kappa shape index (κ1) is 14.9. The maximum atomic E-state index is 12.6. The van der Waals surface area contributed by atoms with E-state index in [1.54, 1.807) is 22.4 Å². The predicted molar refractivity (Wildman–Crippen MR) is 87.5 cm³/mol. The molecule has 7 nitrogen and oxygen atoms in total. The van der Waals surface area contributed by atoms with Gasteiger partial charge in [-0.15, -0.1) is 11.3 Å². The van der Waals surface area contributed by atoms with Crippen LogP contribution in [-0.4, -0.2) is 69.8 Å². The largest absolute Gasteiger partial charge is 0.346 e. The van der Waals surface area contributed by atoms with Crippen LogP contribution in [0.25, 0.3) is 0 Å². The van der Waals surface area contributed by atoms with Gasteiger partial charge in [0, 0.05) is 37.8 Å². The Morgan fingerprint density at radius 3 is 2.74 bits per heavy atom. The molecule has 0 aliphatic carbocycles. The number of carbonyl (C=O) groups is 3. The maximum Gasteiger partial charge on any atom is 0.289 e. The van der Waals surface area contributed by atoms with Crippen LogP contribution in [0, 0.1) is 5.92 Å². The fraction of sp³-hybridized carbons (Fsp3) is 0.571. The lowest BCUT2D eigenvalue weighted by atomic mass is 9.99. The lowest BCUT2D eigenvalue weighted by molar-refractivity contribution is -0.136. The molecule has 0 N–H and O–H groups in total. The molecule has 122 valence electrons. The number of thioether (sulfide) groups is 1. The summed E-state index contributed by atoms with van der Waals surface area (Å²) in [4.78, 5) is 45.6. The van der Waals surface area contributed by atoms with Gasteiger partial charge in [0.25, 0.3) is 5.24 Å². The average Bonchev–Trinajstić information content (AvgIpc) is 3.19. The van der Waals surface area contributed by atoms with Gasteiger partial charge < -0.3 is 9.80 Å². The summed E-state index contributed by atoms with van der Waals surface area (Å²) < 4.78 is 0. The number of aromatic nitrogens is 1. The van der Waals surface area contributed by atoms with Gasteiger partial charge in [0.05, 0.1) is 17.7 Å². The Morgan fingerprint density at radius 1 is 1.26 bits per heavy atom. The number of rotatable bonds is 3. The monoisotopic (exact) mass is 352 g/mol. The first-order valence-corrected chi connectivity index (χ1v) is 9.42. The number of likely N-dealkylation sites (tertiary alicyclic amines) is 1. The van der Waals surface area contributed by atoms with Crippen molar-refractivity contribution in [1.29, 1.82) is 0 Å². The molecule has 3 aliphatic rings. The van der Waals surface area contributed by atoms with E-state index in [0.29, 0.717) is 32.6 Å². The molecular weight excluding hydrogens is 336 g/mol. The van der Waals surface area contributed by atoms with Crippen molar-refractivity contribution in [1.82, 2.24) is 14.8 Å². The normalized spacial score (nSPS) is 25.4. The van der Waals surface area contributed by atoms with E-state index in [-0.39, 0.29) is 34.8 Å². The second-order valence-electron chi connectivity index (χ2n) is 5.96. The minimum absolute atomic E-state index is 0.00277. The molecule has 1 aromatic rings. The maximum absolute atomic E-state index is 12.6. The molecule has 0 spiro atoms. The molecular formula is C14H16N4O3S2. The van der Waals surface area contributed by atoms with E-state index in [0.717, 1.165) is 16.9 Å². The van der Waals surface area contributed by atoms with Crippen LogP contribution in [0.5, 0.6) is 0 Å². The summed E-state index contributed by atoms with van der Waals surface area (Å²) in [6.45, 7) is 2.50. The second kappa shape index (κ2) is 5.79. The lowest BCUT2D eigenvalue weighted by Crippen LogP contribution is -2.54. The Morgan fingerprint density at radius 2 is 2.09 bits per heavy atom. The molecule has 1 unspecified atom stereocenters. The summed E-state index contributed by atoms with van der Waals surface area (Å²) in [6.07, 6.45) is 2.45. The molecule has 23 heavy (non-hydrogen) atoms. The van der Waals surface area contributed by atoms with Crippen LogP contribution in [0.1, 0.15) is 6.42 Å². The first-order valence-electron chi connectivity index (χ1n) is 7.55. The van der Waals surface area contributed by atoms with E-state index in [1.165, 1.54) is 4.90 Å². The van der Waals surface area contributed by atoms with Gasteiger partial charge >= 0.3 is 0 Å². The third-order valence-corrected chi connectivity index (χ3v) is 6.21. The number of carbonyl (C=O) groups excluding carboxylic acids is 3. The van der Waals surface area contributed by atoms with Gasteiger partial charge in [-0.1, -0.05) is 11.8 Å². The van der Waals surface area contributed by atoms with E-state index in [2.05, 4.69) is 9.88 Å². The Kier molecular flexibility index (Phi) is 3.76. The lowest BCUT2D eigenvalue weighted by Gasteiger charge is -2.39. The highest BCUT2D eigenvalue weighted by Crippen LogP contribution is 2.30. The van der Waals surface area contributed by atoms with Crippen molar-refractivity contribution < 1.29 is 14.4 Å². The summed E-state index contributed by atoms with van der Waals surface area (Å²) in [5.41, 5.74) is 0. The molecule has 4 heterocycles. The van der Waals surface area contributed by atoms with Crippen LogP contribution in [0.2, 0.25) is 0 Å². The summed E-state index contributed by atoms with van der Waals surface area (Å²) in [6, 6.07) is -0.149. The van der Waals surface area contributed by atoms with Gasteiger partial charge in [-0.2, -0.15) is 0 Å². The van der Waals surface area contributed by atoms with Gasteiger partial charge in [0.2, 0.25) is 11.8 Å². The molecule has 0 radical (unpaired) electrons. The molecule has 3 amide bonds. The molecule has 0 bridgehead atoms. The number of anilines is 1. The molecule has 1 aromatic heterocycles. The quantitative estimate of drug-likeness (QED) is 0.804. The first-order chi connectivity index (χ1) is 11.1. The molecule has 1 atom stereocenters. The van der Waals surface area contributed by atoms with E-state index < -0.39 is 0 Å². The molecule has 3 saturated heterocycles. The van der Waals surface area contributed by atoms with Crippen LogP contribution in [0.3, 0.4) is 0 Å². The Hall–Kier alpha value is -1.61. The van der Waals surface area contributed by atoms with Gasteiger partial charge in [-0.25, -0.2) is 4.98 Å². The van der Waals surface area contributed by atoms with E-state index in [9.17, 15) is 14.4 Å². The number of thiazole rings is 1. The number of amides is 3. The smallest absolute Gasteiger partial charge is 0.289 e. The molecule has 9 heteroatoms. The SMILES string of the molecule is O=C(C1CN(c2nccs2)C1)N1CCC(N2C(=O)CSC2=O)C1. The number of imide groups is 1. The number of nitrogens with zero attached hydrogens (tertiary/aromatic N) is 4. The summed E-state index contributed by atoms with van der Waals surface area (Å²) in [7, 11) is 0. The molecule has 3 fully saturated rings. The molecule has 3 aliphatic heterocycles. The van der Waals surface area contributed by atoms with Crippen molar-refractivity contribution in [2.75, 3.05) is 36.8 Å². The van der Waals surface area contributed by atoms with Crippen molar-refractivity contribution >= 4 is 45.3 Å². The van der Waals surface area contributed by atoms with Crippen molar-refractivity contribution in [3.63, 3.8) is 0 Å². The third kappa shape index (κ3) is 2.61. The Bertz CT molecular complexity index is 628. The highest BCUT2D eigenvalue weighted by molar-refractivity contribution is 8.14. The fourth-order valence-corrected chi connectivity index (χ4v) is 4.73. The number of hydrogen-bond donors (Lipinski definition) is 0. The van der Waals surface area contributed by atoms with Gasteiger partial charge in [0.1, 0.15) is 0 Å². The zero-order chi connectivity index (χ0) is 16.0. The third-order valence-electron chi connectivity index (χ3n) is 4.55.